The highest BCUT2D eigenvalue weighted by Gasteiger charge is 2.43. The number of nitriles is 1. The molecule has 0 amide bonds. The summed E-state index contributed by atoms with van der Waals surface area (Å²) >= 11 is 0. The average Bonchev–Trinajstić information content (AvgIpc) is 3.33. The van der Waals surface area contributed by atoms with Gasteiger partial charge in [-0.3, -0.25) is 4.90 Å². The number of hydrogen-bond donors (Lipinski definition) is 2. The van der Waals surface area contributed by atoms with Crippen molar-refractivity contribution in [3.8, 4) is 17.5 Å². The van der Waals surface area contributed by atoms with Crippen LogP contribution < -0.4 is 16.4 Å². The number of nitrogens with zero attached hydrogens (tertiary/aromatic N) is 4. The standard InChI is InChI=1S/C24H20N6O5/c1-33-22(31)18-17(13-8-4-3-5-9-13)15(12-25)20(26)30(19(18)23(32)34-2)16-11-7-6-10-14(16)21-28-29-24(27)35-21/h3-11,17H,26H2,1-2H3,(H2,27,29). The number of aromatic nitrogens is 2. The number of allylic oxidation sites excluding steroid dienone is 1. The summed E-state index contributed by atoms with van der Waals surface area (Å²) < 4.78 is 15.5. The van der Waals surface area contributed by atoms with E-state index in [2.05, 4.69) is 16.3 Å². The summed E-state index contributed by atoms with van der Waals surface area (Å²) in [4.78, 5) is 27.6. The van der Waals surface area contributed by atoms with Crippen molar-refractivity contribution in [2.45, 2.75) is 5.92 Å². The van der Waals surface area contributed by atoms with Gasteiger partial charge in [0, 0.05) is 0 Å². The van der Waals surface area contributed by atoms with Crippen molar-refractivity contribution in [2.24, 2.45) is 5.73 Å². The number of carbonyl (C=O) groups is 2. The number of para-hydroxylation sites is 1. The topological polar surface area (TPSA) is 171 Å². The molecule has 1 aromatic heterocycles. The Kier molecular flexibility index (Phi) is 6.19. The molecule has 11 heteroatoms. The van der Waals surface area contributed by atoms with Gasteiger partial charge in [-0.15, -0.1) is 5.10 Å². The van der Waals surface area contributed by atoms with Crippen molar-refractivity contribution in [3.05, 3.63) is 82.8 Å². The summed E-state index contributed by atoms with van der Waals surface area (Å²) in [5.41, 5.74) is 13.0. The fraction of sp³-hybridized carbons (Fsp3) is 0.125. The van der Waals surface area contributed by atoms with Gasteiger partial charge in [-0.05, 0) is 17.7 Å². The van der Waals surface area contributed by atoms with E-state index >= 15 is 0 Å². The van der Waals surface area contributed by atoms with E-state index in [4.69, 9.17) is 25.4 Å². The fourth-order valence-corrected chi connectivity index (χ4v) is 3.96. The molecule has 3 aromatic rings. The number of methoxy groups -OCH3 is 2. The van der Waals surface area contributed by atoms with E-state index in [0.717, 1.165) is 0 Å². The summed E-state index contributed by atoms with van der Waals surface area (Å²) in [7, 11) is 2.35. The third-order valence-corrected chi connectivity index (χ3v) is 5.43. The van der Waals surface area contributed by atoms with Crippen LogP contribution in [0.4, 0.5) is 11.7 Å². The number of benzene rings is 2. The molecular formula is C24H20N6O5. The van der Waals surface area contributed by atoms with Gasteiger partial charge in [-0.2, -0.15) is 5.26 Å². The number of carbonyl (C=O) groups excluding carboxylic acids is 2. The Morgan fingerprint density at radius 2 is 1.66 bits per heavy atom. The first-order valence-electron chi connectivity index (χ1n) is 10.3. The molecule has 2 aromatic carbocycles. The van der Waals surface area contributed by atoms with Crippen LogP contribution in [0.15, 0.2) is 81.7 Å². The first-order valence-corrected chi connectivity index (χ1v) is 10.3. The van der Waals surface area contributed by atoms with Crippen LogP contribution in [0.5, 0.6) is 0 Å². The second kappa shape index (κ2) is 9.40. The lowest BCUT2D eigenvalue weighted by molar-refractivity contribution is -0.139. The number of esters is 2. The molecule has 1 aliphatic heterocycles. The second-order valence-corrected chi connectivity index (χ2v) is 7.30. The number of nitrogens with two attached hydrogens (primary N) is 2. The molecule has 0 saturated carbocycles. The van der Waals surface area contributed by atoms with E-state index in [1.165, 1.54) is 19.1 Å². The summed E-state index contributed by atoms with van der Waals surface area (Å²) in [6.45, 7) is 0. The first kappa shape index (κ1) is 23.1. The van der Waals surface area contributed by atoms with E-state index in [9.17, 15) is 14.9 Å². The number of rotatable bonds is 5. The van der Waals surface area contributed by atoms with Gasteiger partial charge in [-0.25, -0.2) is 9.59 Å². The maximum Gasteiger partial charge on any atom is 0.355 e. The monoisotopic (exact) mass is 472 g/mol. The highest BCUT2D eigenvalue weighted by molar-refractivity contribution is 6.07. The predicted octanol–water partition coefficient (Wildman–Crippen LogP) is 2.22. The number of ether oxygens (including phenoxy) is 2. The van der Waals surface area contributed by atoms with E-state index in [-0.39, 0.29) is 40.3 Å². The van der Waals surface area contributed by atoms with Crippen LogP contribution in [0.2, 0.25) is 0 Å². The van der Waals surface area contributed by atoms with E-state index in [0.29, 0.717) is 11.1 Å². The second-order valence-electron chi connectivity index (χ2n) is 7.30. The summed E-state index contributed by atoms with van der Waals surface area (Å²) in [6, 6.07) is 17.3. The molecule has 2 heterocycles. The molecule has 0 aliphatic carbocycles. The van der Waals surface area contributed by atoms with Crippen LogP contribution in [-0.4, -0.2) is 36.4 Å². The van der Waals surface area contributed by atoms with E-state index in [1.807, 2.05) is 0 Å². The molecule has 0 radical (unpaired) electrons. The quantitative estimate of drug-likeness (QED) is 0.522. The van der Waals surface area contributed by atoms with Gasteiger partial charge in [0.25, 0.3) is 5.89 Å². The summed E-state index contributed by atoms with van der Waals surface area (Å²) in [6.07, 6.45) is 0. The molecule has 176 valence electrons. The van der Waals surface area contributed by atoms with Gasteiger partial charge in [0.2, 0.25) is 0 Å². The van der Waals surface area contributed by atoms with Crippen molar-refractivity contribution in [3.63, 3.8) is 0 Å². The lowest BCUT2D eigenvalue weighted by Gasteiger charge is -2.36. The zero-order valence-electron chi connectivity index (χ0n) is 18.8. The van der Waals surface area contributed by atoms with Crippen LogP contribution in [0, 0.1) is 11.3 Å². The van der Waals surface area contributed by atoms with Gasteiger partial charge in [0.05, 0.1) is 48.6 Å². The van der Waals surface area contributed by atoms with Gasteiger partial charge in [0.15, 0.2) is 0 Å². The summed E-state index contributed by atoms with van der Waals surface area (Å²) in [5, 5.41) is 17.7. The van der Waals surface area contributed by atoms with E-state index in [1.54, 1.807) is 54.6 Å². The molecule has 4 N–H and O–H groups in total. The Hall–Kier alpha value is -5.11. The lowest BCUT2D eigenvalue weighted by atomic mass is 9.80. The van der Waals surface area contributed by atoms with Gasteiger partial charge < -0.3 is 25.4 Å². The van der Waals surface area contributed by atoms with Crippen molar-refractivity contribution >= 4 is 23.6 Å². The SMILES string of the molecule is COC(=O)C1=C(C(=O)OC)N(c2ccccc2-c2nnc(N)o2)C(N)=C(C#N)C1c1ccccc1. The van der Waals surface area contributed by atoms with Crippen molar-refractivity contribution < 1.29 is 23.5 Å². The Balaban J connectivity index is 2.09. The molecule has 0 saturated heterocycles. The molecule has 0 spiro atoms. The number of hydrogen-bond acceptors (Lipinski definition) is 11. The lowest BCUT2D eigenvalue weighted by Crippen LogP contribution is -2.41. The molecular weight excluding hydrogens is 452 g/mol. The largest absolute Gasteiger partial charge is 0.466 e. The molecule has 1 atom stereocenters. The van der Waals surface area contributed by atoms with Gasteiger partial charge in [-0.1, -0.05) is 47.6 Å². The Labute approximate surface area is 199 Å². The number of anilines is 2. The maximum atomic E-state index is 13.2. The third kappa shape index (κ3) is 3.93. The average molecular weight is 472 g/mol. The molecule has 35 heavy (non-hydrogen) atoms. The van der Waals surface area contributed by atoms with Gasteiger partial charge in [0.1, 0.15) is 11.5 Å². The number of nitrogen functional groups attached to an aromatic ring is 1. The first-order chi connectivity index (χ1) is 16.9. The third-order valence-electron chi connectivity index (χ3n) is 5.43. The van der Waals surface area contributed by atoms with Crippen molar-refractivity contribution in [2.75, 3.05) is 24.9 Å². The molecule has 1 aliphatic rings. The minimum atomic E-state index is -0.981. The Morgan fingerprint density at radius 1 is 1.00 bits per heavy atom. The molecule has 4 rings (SSSR count). The molecule has 0 bridgehead atoms. The maximum absolute atomic E-state index is 13.2. The van der Waals surface area contributed by atoms with Crippen molar-refractivity contribution in [1.29, 1.82) is 5.26 Å². The van der Waals surface area contributed by atoms with Crippen LogP contribution in [0.25, 0.3) is 11.5 Å². The molecule has 0 fully saturated rings. The van der Waals surface area contributed by atoms with Crippen LogP contribution in [0.3, 0.4) is 0 Å². The van der Waals surface area contributed by atoms with Crippen LogP contribution in [-0.2, 0) is 19.1 Å². The van der Waals surface area contributed by atoms with Gasteiger partial charge >= 0.3 is 18.0 Å². The minimum Gasteiger partial charge on any atom is -0.466 e. The minimum absolute atomic E-state index is 0.0316. The Bertz CT molecular complexity index is 1400. The van der Waals surface area contributed by atoms with Crippen LogP contribution >= 0.6 is 0 Å². The van der Waals surface area contributed by atoms with E-state index < -0.39 is 17.9 Å². The zero-order valence-corrected chi connectivity index (χ0v) is 18.8. The molecule has 1 unspecified atom stereocenters. The Morgan fingerprint density at radius 3 is 2.26 bits per heavy atom. The highest BCUT2D eigenvalue weighted by Crippen LogP contribution is 2.45. The highest BCUT2D eigenvalue weighted by atomic mass is 16.5. The van der Waals surface area contributed by atoms with Crippen LogP contribution in [0.1, 0.15) is 11.5 Å². The normalized spacial score (nSPS) is 15.6. The predicted molar refractivity (Wildman–Crippen MR) is 124 cm³/mol. The summed E-state index contributed by atoms with van der Waals surface area (Å²) in [5.74, 6) is -2.73. The molecule has 11 nitrogen and oxygen atoms in total. The fourth-order valence-electron chi connectivity index (χ4n) is 3.96. The van der Waals surface area contributed by atoms with Crippen molar-refractivity contribution in [1.82, 2.24) is 10.2 Å². The smallest absolute Gasteiger partial charge is 0.355 e. The zero-order chi connectivity index (χ0) is 25.1.